The first-order valence-corrected chi connectivity index (χ1v) is 7.78. The molecule has 0 unspecified atom stereocenters. The number of nitrogens with one attached hydrogen (secondary N) is 2. The van der Waals surface area contributed by atoms with Crippen LogP contribution in [0.25, 0.3) is 5.69 Å². The molecule has 0 aliphatic carbocycles. The number of carbonyl (C=O) groups excluding carboxylic acids is 1. The summed E-state index contributed by atoms with van der Waals surface area (Å²) in [6, 6.07) is 11.4. The molecule has 0 saturated heterocycles. The highest BCUT2D eigenvalue weighted by atomic mass is 32.1. The van der Waals surface area contributed by atoms with Gasteiger partial charge in [-0.05, 0) is 36.4 Å². The summed E-state index contributed by atoms with van der Waals surface area (Å²) in [5.41, 5.74) is 2.52. The van der Waals surface area contributed by atoms with Gasteiger partial charge in [-0.1, -0.05) is 0 Å². The number of carbonyl (C=O) groups is 1. The van der Waals surface area contributed by atoms with Crippen LogP contribution in [0.2, 0.25) is 0 Å². The number of amides is 1. The van der Waals surface area contributed by atoms with Crippen molar-refractivity contribution in [1.29, 1.82) is 0 Å². The van der Waals surface area contributed by atoms with E-state index < -0.39 is 0 Å². The maximum absolute atomic E-state index is 12.1. The number of benzene rings is 1. The minimum atomic E-state index is -0.0990. The van der Waals surface area contributed by atoms with Crippen LogP contribution in [0.5, 0.6) is 0 Å². The summed E-state index contributed by atoms with van der Waals surface area (Å²) in [5, 5.41) is 8.64. The second kappa shape index (κ2) is 6.44. The number of hydrogen-bond acceptors (Lipinski definition) is 4. The van der Waals surface area contributed by atoms with Crippen molar-refractivity contribution < 1.29 is 4.79 Å². The third-order valence-electron chi connectivity index (χ3n) is 3.23. The van der Waals surface area contributed by atoms with Gasteiger partial charge in [0.2, 0.25) is 0 Å². The lowest BCUT2D eigenvalue weighted by Gasteiger charge is -2.06. The highest BCUT2D eigenvalue weighted by molar-refractivity contribution is 7.13. The number of anilines is 1. The summed E-state index contributed by atoms with van der Waals surface area (Å²) < 4.78 is 2.00. The van der Waals surface area contributed by atoms with E-state index in [9.17, 15) is 4.79 Å². The lowest BCUT2D eigenvalue weighted by molar-refractivity contribution is 0.0950. The van der Waals surface area contributed by atoms with Gasteiger partial charge in [-0.3, -0.25) is 4.79 Å². The minimum absolute atomic E-state index is 0.0990. The number of thiazole rings is 1. The second-order valence-electron chi connectivity index (χ2n) is 4.71. The van der Waals surface area contributed by atoms with Gasteiger partial charge in [0.1, 0.15) is 0 Å². The maximum atomic E-state index is 12.1. The molecule has 0 radical (unpaired) electrons. The Hall–Kier alpha value is -2.60. The number of hydrogen-bond donors (Lipinski definition) is 2. The van der Waals surface area contributed by atoms with Crippen molar-refractivity contribution in [3.8, 4) is 5.69 Å². The number of aromatic nitrogens is 2. The molecular formula is C16H16N4OS. The standard InChI is InChI=1S/C16H16N4OS/c1-17-16-19-13(11-22-16)10-18-15(21)12-4-6-14(7-5-12)20-8-2-3-9-20/h2-9,11H,10H2,1H3,(H,17,19)(H,18,21). The van der Waals surface area contributed by atoms with Crippen molar-refractivity contribution in [2.75, 3.05) is 12.4 Å². The van der Waals surface area contributed by atoms with Gasteiger partial charge in [0.15, 0.2) is 5.13 Å². The first-order valence-electron chi connectivity index (χ1n) is 6.90. The average Bonchev–Trinajstić information content (AvgIpc) is 3.24. The average molecular weight is 312 g/mol. The van der Waals surface area contributed by atoms with Crippen molar-refractivity contribution in [3.63, 3.8) is 0 Å². The molecule has 0 aliphatic rings. The highest BCUT2D eigenvalue weighted by Crippen LogP contribution is 2.14. The van der Waals surface area contributed by atoms with Crippen molar-refractivity contribution >= 4 is 22.4 Å². The molecule has 5 nitrogen and oxygen atoms in total. The van der Waals surface area contributed by atoms with E-state index in [2.05, 4.69) is 15.6 Å². The van der Waals surface area contributed by atoms with Gasteiger partial charge in [-0.25, -0.2) is 4.98 Å². The molecular weight excluding hydrogens is 296 g/mol. The van der Waals surface area contributed by atoms with Crippen molar-refractivity contribution in [2.45, 2.75) is 6.54 Å². The largest absolute Gasteiger partial charge is 0.365 e. The quantitative estimate of drug-likeness (QED) is 0.761. The van der Waals surface area contributed by atoms with E-state index in [-0.39, 0.29) is 5.91 Å². The predicted molar refractivity (Wildman–Crippen MR) is 88.6 cm³/mol. The van der Waals surface area contributed by atoms with E-state index in [0.717, 1.165) is 16.5 Å². The van der Waals surface area contributed by atoms with Gasteiger partial charge in [0.05, 0.1) is 12.2 Å². The van der Waals surface area contributed by atoms with Gasteiger partial charge < -0.3 is 15.2 Å². The van der Waals surface area contributed by atoms with Crippen molar-refractivity contribution in [2.24, 2.45) is 0 Å². The summed E-state index contributed by atoms with van der Waals surface area (Å²) >= 11 is 1.52. The van der Waals surface area contributed by atoms with Crippen molar-refractivity contribution in [1.82, 2.24) is 14.9 Å². The fourth-order valence-electron chi connectivity index (χ4n) is 2.07. The molecule has 0 fully saturated rings. The molecule has 0 aliphatic heterocycles. The Morgan fingerprint density at radius 2 is 1.95 bits per heavy atom. The SMILES string of the molecule is CNc1nc(CNC(=O)c2ccc(-n3cccc3)cc2)cs1. The van der Waals surface area contributed by atoms with Crippen LogP contribution in [0.1, 0.15) is 16.1 Å². The monoisotopic (exact) mass is 312 g/mol. The minimum Gasteiger partial charge on any atom is -0.365 e. The van der Waals surface area contributed by atoms with Crippen LogP contribution < -0.4 is 10.6 Å². The van der Waals surface area contributed by atoms with Gasteiger partial charge in [0.25, 0.3) is 5.91 Å². The molecule has 2 aromatic heterocycles. The van der Waals surface area contributed by atoms with Gasteiger partial charge in [0, 0.05) is 36.1 Å². The number of rotatable bonds is 5. The third kappa shape index (κ3) is 3.17. The van der Waals surface area contributed by atoms with E-state index in [0.29, 0.717) is 12.1 Å². The summed E-state index contributed by atoms with van der Waals surface area (Å²) in [6.07, 6.45) is 3.94. The van der Waals surface area contributed by atoms with Crippen LogP contribution in [0, 0.1) is 0 Å². The van der Waals surface area contributed by atoms with E-state index >= 15 is 0 Å². The first-order chi connectivity index (χ1) is 10.8. The molecule has 0 saturated carbocycles. The smallest absolute Gasteiger partial charge is 0.251 e. The molecule has 2 N–H and O–H groups in total. The Balaban J connectivity index is 1.62. The Morgan fingerprint density at radius 3 is 2.59 bits per heavy atom. The summed E-state index contributed by atoms with van der Waals surface area (Å²) in [6.45, 7) is 0.427. The summed E-state index contributed by atoms with van der Waals surface area (Å²) in [4.78, 5) is 16.5. The summed E-state index contributed by atoms with van der Waals surface area (Å²) in [7, 11) is 1.83. The van der Waals surface area contributed by atoms with Gasteiger partial charge in [-0.2, -0.15) is 0 Å². The molecule has 3 rings (SSSR count). The molecule has 2 heterocycles. The number of nitrogens with zero attached hydrogens (tertiary/aromatic N) is 2. The van der Waals surface area contributed by atoms with Crippen LogP contribution >= 0.6 is 11.3 Å². The van der Waals surface area contributed by atoms with Crippen LogP contribution in [0.3, 0.4) is 0 Å². The predicted octanol–water partition coefficient (Wildman–Crippen LogP) is 2.91. The highest BCUT2D eigenvalue weighted by Gasteiger charge is 2.07. The first kappa shape index (κ1) is 14.3. The molecule has 22 heavy (non-hydrogen) atoms. The van der Waals surface area contributed by atoms with Gasteiger partial charge in [-0.15, -0.1) is 11.3 Å². The molecule has 0 atom stereocenters. The van der Waals surface area contributed by atoms with Gasteiger partial charge >= 0.3 is 0 Å². The molecule has 6 heteroatoms. The lowest BCUT2D eigenvalue weighted by Crippen LogP contribution is -2.22. The molecule has 0 spiro atoms. The molecule has 3 aromatic rings. The van der Waals surface area contributed by atoms with E-state index in [4.69, 9.17) is 0 Å². The fourth-order valence-corrected chi connectivity index (χ4v) is 2.74. The zero-order valence-corrected chi connectivity index (χ0v) is 12.9. The lowest BCUT2D eigenvalue weighted by atomic mass is 10.2. The zero-order valence-electron chi connectivity index (χ0n) is 12.1. The Kier molecular flexibility index (Phi) is 4.20. The normalized spacial score (nSPS) is 10.4. The van der Waals surface area contributed by atoms with E-state index in [1.807, 2.05) is 65.8 Å². The van der Waals surface area contributed by atoms with E-state index in [1.165, 1.54) is 11.3 Å². The molecule has 112 valence electrons. The Bertz CT molecular complexity index is 747. The van der Waals surface area contributed by atoms with E-state index in [1.54, 1.807) is 0 Å². The molecule has 1 amide bonds. The topological polar surface area (TPSA) is 59.0 Å². The molecule has 0 bridgehead atoms. The van der Waals surface area contributed by atoms with Crippen LogP contribution in [-0.2, 0) is 6.54 Å². The Morgan fingerprint density at radius 1 is 1.23 bits per heavy atom. The fraction of sp³-hybridized carbons (Fsp3) is 0.125. The van der Waals surface area contributed by atoms with Crippen LogP contribution in [0.15, 0.2) is 54.2 Å². The third-order valence-corrected chi connectivity index (χ3v) is 4.14. The van der Waals surface area contributed by atoms with Crippen LogP contribution in [0.4, 0.5) is 5.13 Å². The maximum Gasteiger partial charge on any atom is 0.251 e. The Labute approximate surface area is 132 Å². The summed E-state index contributed by atoms with van der Waals surface area (Å²) in [5.74, 6) is -0.0990. The molecule has 1 aromatic carbocycles. The van der Waals surface area contributed by atoms with Crippen molar-refractivity contribution in [3.05, 3.63) is 65.4 Å². The van der Waals surface area contributed by atoms with Crippen LogP contribution in [-0.4, -0.2) is 22.5 Å². The zero-order chi connectivity index (χ0) is 15.4. The second-order valence-corrected chi connectivity index (χ2v) is 5.57.